The van der Waals surface area contributed by atoms with Crippen molar-refractivity contribution < 1.29 is 4.79 Å². The monoisotopic (exact) mass is 418 g/mol. The van der Waals surface area contributed by atoms with E-state index in [9.17, 15) is 4.79 Å². The lowest BCUT2D eigenvalue weighted by molar-refractivity contribution is 0.100. The molecule has 5 heteroatoms. The van der Waals surface area contributed by atoms with Crippen molar-refractivity contribution in [3.8, 4) is 11.3 Å². The molecule has 0 saturated heterocycles. The molecule has 1 amide bonds. The molecule has 0 fully saturated rings. The van der Waals surface area contributed by atoms with E-state index < -0.39 is 5.91 Å². The highest BCUT2D eigenvalue weighted by Crippen LogP contribution is 2.30. The van der Waals surface area contributed by atoms with Crippen molar-refractivity contribution in [2.24, 2.45) is 5.73 Å². The number of rotatable bonds is 6. The number of nitrogens with one attached hydrogen (secondary N) is 1. The fraction of sp³-hybridized carbons (Fsp3) is 0.0370. The Morgan fingerprint density at radius 2 is 1.56 bits per heavy atom. The molecule has 3 N–H and O–H groups in total. The molecule has 5 aromatic rings. The zero-order chi connectivity index (χ0) is 21.9. The second-order valence-corrected chi connectivity index (χ2v) is 7.66. The fourth-order valence-corrected chi connectivity index (χ4v) is 3.87. The quantitative estimate of drug-likeness (QED) is 0.377. The third kappa shape index (κ3) is 3.96. The van der Waals surface area contributed by atoms with E-state index >= 15 is 0 Å². The molecule has 0 spiro atoms. The van der Waals surface area contributed by atoms with Gasteiger partial charge in [0.1, 0.15) is 5.82 Å². The molecule has 2 heterocycles. The second-order valence-electron chi connectivity index (χ2n) is 7.66. The van der Waals surface area contributed by atoms with Crippen molar-refractivity contribution in [3.63, 3.8) is 0 Å². The van der Waals surface area contributed by atoms with Gasteiger partial charge in [0, 0.05) is 41.1 Å². The summed E-state index contributed by atoms with van der Waals surface area (Å²) >= 11 is 0. The van der Waals surface area contributed by atoms with Crippen molar-refractivity contribution in [2.75, 3.05) is 5.32 Å². The maximum Gasteiger partial charge on any atom is 0.248 e. The molecule has 0 unspecified atom stereocenters. The number of fused-ring (bicyclic) bond motifs is 1. The minimum absolute atomic E-state index is 0.441. The van der Waals surface area contributed by atoms with Crippen LogP contribution in [0.2, 0.25) is 0 Å². The van der Waals surface area contributed by atoms with Crippen LogP contribution in [0.3, 0.4) is 0 Å². The lowest BCUT2D eigenvalue weighted by Gasteiger charge is -2.12. The number of carbonyl (C=O) groups is 1. The van der Waals surface area contributed by atoms with Gasteiger partial charge in [0.2, 0.25) is 5.91 Å². The summed E-state index contributed by atoms with van der Waals surface area (Å²) in [4.78, 5) is 15.9. The van der Waals surface area contributed by atoms with Crippen molar-refractivity contribution in [1.82, 2.24) is 9.55 Å². The largest absolute Gasteiger partial charge is 0.366 e. The van der Waals surface area contributed by atoms with Crippen LogP contribution in [0.25, 0.3) is 22.2 Å². The van der Waals surface area contributed by atoms with Crippen LogP contribution in [0.4, 0.5) is 11.5 Å². The highest BCUT2D eigenvalue weighted by molar-refractivity contribution is 5.93. The smallest absolute Gasteiger partial charge is 0.248 e. The van der Waals surface area contributed by atoms with Gasteiger partial charge in [0.15, 0.2) is 0 Å². The van der Waals surface area contributed by atoms with Gasteiger partial charge in [-0.3, -0.25) is 4.79 Å². The number of pyridine rings is 1. The number of nitrogens with zero attached hydrogens (tertiary/aromatic N) is 2. The van der Waals surface area contributed by atoms with Gasteiger partial charge in [-0.2, -0.15) is 0 Å². The molecule has 32 heavy (non-hydrogen) atoms. The van der Waals surface area contributed by atoms with Crippen LogP contribution in [0, 0.1) is 0 Å². The van der Waals surface area contributed by atoms with Gasteiger partial charge in [0.25, 0.3) is 0 Å². The van der Waals surface area contributed by atoms with Crippen LogP contribution in [-0.4, -0.2) is 15.5 Å². The zero-order valence-electron chi connectivity index (χ0n) is 17.4. The topological polar surface area (TPSA) is 72.9 Å². The maximum absolute atomic E-state index is 11.3. The highest BCUT2D eigenvalue weighted by atomic mass is 16.1. The number of hydrogen-bond donors (Lipinski definition) is 2. The molecular formula is C27H22N4O. The van der Waals surface area contributed by atoms with Crippen LogP contribution in [0.15, 0.2) is 103 Å². The standard InChI is InChI=1S/C27H22N4O/c28-27(32)21-11-13-23(14-12-21)30-26-16-25-22(17-29-26)15-24(20-9-5-2-6-10-20)31(25)18-19-7-3-1-4-8-19/h1-17H,18H2,(H2,28,32)(H,29,30). The number of anilines is 2. The molecule has 5 nitrogen and oxygen atoms in total. The molecule has 0 atom stereocenters. The molecule has 0 aliphatic carbocycles. The summed E-state index contributed by atoms with van der Waals surface area (Å²) in [6.45, 7) is 0.755. The van der Waals surface area contributed by atoms with E-state index in [0.29, 0.717) is 5.56 Å². The molecule has 2 aromatic heterocycles. The number of primary amides is 1. The first kappa shape index (κ1) is 19.6. The fourth-order valence-electron chi connectivity index (χ4n) is 3.87. The van der Waals surface area contributed by atoms with E-state index in [4.69, 9.17) is 5.73 Å². The van der Waals surface area contributed by atoms with Gasteiger partial charge in [-0.05, 0) is 41.5 Å². The van der Waals surface area contributed by atoms with Crippen molar-refractivity contribution >= 4 is 28.3 Å². The van der Waals surface area contributed by atoms with Gasteiger partial charge < -0.3 is 15.6 Å². The van der Waals surface area contributed by atoms with Crippen molar-refractivity contribution in [2.45, 2.75) is 6.54 Å². The normalized spacial score (nSPS) is 10.9. The van der Waals surface area contributed by atoms with Gasteiger partial charge in [0.05, 0.1) is 5.52 Å². The SMILES string of the molecule is NC(=O)c1ccc(Nc2cc3c(cn2)cc(-c2ccccc2)n3Cc2ccccc2)cc1. The van der Waals surface area contributed by atoms with Gasteiger partial charge >= 0.3 is 0 Å². The van der Waals surface area contributed by atoms with Crippen LogP contribution < -0.4 is 11.1 Å². The Bertz CT molecular complexity index is 1370. The van der Waals surface area contributed by atoms with Crippen molar-refractivity contribution in [1.29, 1.82) is 0 Å². The first-order valence-corrected chi connectivity index (χ1v) is 10.4. The average molecular weight is 419 g/mol. The van der Waals surface area contributed by atoms with E-state index in [1.165, 1.54) is 5.56 Å². The van der Waals surface area contributed by atoms with E-state index in [0.717, 1.165) is 40.2 Å². The van der Waals surface area contributed by atoms with Gasteiger partial charge in [-0.1, -0.05) is 60.7 Å². The second kappa shape index (κ2) is 8.40. The molecule has 0 saturated carbocycles. The lowest BCUT2D eigenvalue weighted by Crippen LogP contribution is -2.10. The summed E-state index contributed by atoms with van der Waals surface area (Å²) in [7, 11) is 0. The number of hydrogen-bond acceptors (Lipinski definition) is 3. The highest BCUT2D eigenvalue weighted by Gasteiger charge is 2.13. The Hall–Kier alpha value is -4.38. The third-order valence-electron chi connectivity index (χ3n) is 5.48. The molecule has 5 rings (SSSR count). The summed E-state index contributed by atoms with van der Waals surface area (Å²) < 4.78 is 2.32. The third-order valence-corrected chi connectivity index (χ3v) is 5.48. The predicted molar refractivity (Wildman–Crippen MR) is 129 cm³/mol. The minimum Gasteiger partial charge on any atom is -0.366 e. The Morgan fingerprint density at radius 1 is 0.875 bits per heavy atom. The molecule has 0 aliphatic heterocycles. The maximum atomic E-state index is 11.3. The molecule has 0 aliphatic rings. The van der Waals surface area contributed by atoms with Gasteiger partial charge in [-0.25, -0.2) is 4.98 Å². The van der Waals surface area contributed by atoms with E-state index in [1.54, 1.807) is 12.1 Å². The molecule has 156 valence electrons. The summed E-state index contributed by atoms with van der Waals surface area (Å²) in [6.07, 6.45) is 1.89. The first-order chi connectivity index (χ1) is 15.7. The van der Waals surface area contributed by atoms with Crippen molar-refractivity contribution in [3.05, 3.63) is 114 Å². The summed E-state index contributed by atoms with van der Waals surface area (Å²) in [5.74, 6) is 0.291. The molecule has 0 radical (unpaired) electrons. The van der Waals surface area contributed by atoms with Crippen LogP contribution >= 0.6 is 0 Å². The Kier molecular flexibility index (Phi) is 5.14. The van der Waals surface area contributed by atoms with Crippen LogP contribution in [0.5, 0.6) is 0 Å². The number of amides is 1. The van der Waals surface area contributed by atoms with E-state index in [-0.39, 0.29) is 0 Å². The summed E-state index contributed by atoms with van der Waals surface area (Å²) in [5.41, 5.74) is 11.3. The number of nitrogens with two attached hydrogens (primary N) is 1. The first-order valence-electron chi connectivity index (χ1n) is 10.4. The Balaban J connectivity index is 1.56. The van der Waals surface area contributed by atoms with E-state index in [1.807, 2.05) is 30.5 Å². The van der Waals surface area contributed by atoms with E-state index in [2.05, 4.69) is 75.5 Å². The van der Waals surface area contributed by atoms with Crippen LogP contribution in [0.1, 0.15) is 15.9 Å². The summed E-state index contributed by atoms with van der Waals surface area (Å²) in [5, 5.41) is 4.40. The van der Waals surface area contributed by atoms with Gasteiger partial charge in [-0.15, -0.1) is 0 Å². The van der Waals surface area contributed by atoms with Crippen LogP contribution in [-0.2, 0) is 6.54 Å². The predicted octanol–water partition coefficient (Wildman–Crippen LogP) is 5.59. The number of carbonyl (C=O) groups excluding carboxylic acids is 1. The molecule has 3 aromatic carbocycles. The minimum atomic E-state index is -0.441. The molecular weight excluding hydrogens is 396 g/mol. The average Bonchev–Trinajstić information content (AvgIpc) is 3.18. The number of aromatic nitrogens is 2. The zero-order valence-corrected chi connectivity index (χ0v) is 17.4. The lowest BCUT2D eigenvalue weighted by atomic mass is 10.1. The Morgan fingerprint density at radius 3 is 2.25 bits per heavy atom. The molecule has 0 bridgehead atoms. The number of benzene rings is 3. The Labute approximate surface area is 186 Å². The summed E-state index contributed by atoms with van der Waals surface area (Å²) in [6, 6.07) is 32.1.